The minimum atomic E-state index is 0. The van der Waals surface area contributed by atoms with E-state index in [1.807, 2.05) is 0 Å². The maximum atomic E-state index is 0. The van der Waals surface area contributed by atoms with E-state index in [1.54, 1.807) is 0 Å². The second-order valence-corrected chi connectivity index (χ2v) is 0. The van der Waals surface area contributed by atoms with E-state index in [2.05, 4.69) is 0 Å². The van der Waals surface area contributed by atoms with Crippen molar-refractivity contribution in [3.63, 3.8) is 0 Å². The molecule has 0 bridgehead atoms. The standard InChI is InChI=1S/Cu.3FH.H3N/h;3*1H;1H3. The van der Waals surface area contributed by atoms with Crippen LogP contribution in [0.1, 0.15) is 0 Å². The molecule has 0 aliphatic rings. The van der Waals surface area contributed by atoms with E-state index in [9.17, 15) is 0 Å². The summed E-state index contributed by atoms with van der Waals surface area (Å²) in [5.74, 6) is 0. The number of halogens is 3. The summed E-state index contributed by atoms with van der Waals surface area (Å²) in [5, 5.41) is 0. The van der Waals surface area contributed by atoms with Gasteiger partial charge in [0.2, 0.25) is 0 Å². The molecule has 0 aromatic carbocycles. The largest absolute Gasteiger partial charge is 0.344 e. The Morgan fingerprint density at radius 3 is 0.600 bits per heavy atom. The summed E-state index contributed by atoms with van der Waals surface area (Å²) < 4.78 is 0. The predicted octanol–water partition coefficient (Wildman–Crippen LogP) is 0.617. The molecule has 0 aliphatic heterocycles. The fraction of sp³-hybridized carbons (Fsp3) is 0. The van der Waals surface area contributed by atoms with Crippen LogP contribution in [0.4, 0.5) is 14.1 Å². The molecule has 0 aliphatic carbocycles. The van der Waals surface area contributed by atoms with Crippen LogP contribution < -0.4 is 6.15 Å². The van der Waals surface area contributed by atoms with Gasteiger partial charge in [-0.15, -0.1) is 0 Å². The molecule has 0 spiro atoms. The molecular formula is H6CuF3N. The summed E-state index contributed by atoms with van der Waals surface area (Å²) in [6, 6.07) is 0. The van der Waals surface area contributed by atoms with E-state index >= 15 is 0 Å². The fourth-order valence-electron chi connectivity index (χ4n) is 0. The average molecular weight is 141 g/mol. The van der Waals surface area contributed by atoms with Crippen molar-refractivity contribution in [3.05, 3.63) is 0 Å². The van der Waals surface area contributed by atoms with Crippen LogP contribution in [0, 0.1) is 0 Å². The van der Waals surface area contributed by atoms with Crippen molar-refractivity contribution in [3.8, 4) is 0 Å². The van der Waals surface area contributed by atoms with Gasteiger partial charge in [0.1, 0.15) is 0 Å². The normalized spacial score (nSPS) is 0. The van der Waals surface area contributed by atoms with Crippen LogP contribution in [0.25, 0.3) is 0 Å². The summed E-state index contributed by atoms with van der Waals surface area (Å²) >= 11 is 0. The van der Waals surface area contributed by atoms with Crippen molar-refractivity contribution in [2.24, 2.45) is 0 Å². The third-order valence-electron chi connectivity index (χ3n) is 0. The monoisotopic (exact) mass is 140 g/mol. The Kier molecular flexibility index (Phi) is 166000. The first-order chi connectivity index (χ1) is 0. The van der Waals surface area contributed by atoms with Crippen LogP contribution in [0.3, 0.4) is 0 Å². The number of rotatable bonds is 0. The van der Waals surface area contributed by atoms with Gasteiger partial charge < -0.3 is 6.15 Å². The molecule has 1 radical (unpaired) electrons. The van der Waals surface area contributed by atoms with Gasteiger partial charge in [0.25, 0.3) is 0 Å². The van der Waals surface area contributed by atoms with E-state index in [1.165, 1.54) is 0 Å². The first kappa shape index (κ1) is 1320. The second-order valence-electron chi connectivity index (χ2n) is 0. The van der Waals surface area contributed by atoms with Crippen molar-refractivity contribution in [2.45, 2.75) is 0 Å². The average Bonchev–Trinajstić information content (AvgIpc) is 0. The van der Waals surface area contributed by atoms with Crippen LogP contribution in [0.15, 0.2) is 0 Å². The van der Waals surface area contributed by atoms with Gasteiger partial charge >= 0.3 is 0 Å². The maximum absolute atomic E-state index is 0. The molecule has 0 saturated heterocycles. The molecular weight excluding hydrogens is 135 g/mol. The zero-order valence-electron chi connectivity index (χ0n) is 2.23. The van der Waals surface area contributed by atoms with E-state index in [4.69, 9.17) is 0 Å². The molecule has 0 rings (SSSR count). The summed E-state index contributed by atoms with van der Waals surface area (Å²) in [6.07, 6.45) is 0. The van der Waals surface area contributed by atoms with Crippen LogP contribution in [0.2, 0.25) is 0 Å². The molecule has 5 heteroatoms. The number of hydrogen-bond acceptors (Lipinski definition) is 1. The van der Waals surface area contributed by atoms with E-state index in [-0.39, 0.29) is 37.3 Å². The zero-order chi connectivity index (χ0) is 0. The Morgan fingerprint density at radius 2 is 0.600 bits per heavy atom. The molecule has 0 aromatic heterocycles. The topological polar surface area (TPSA) is 35.0 Å². The summed E-state index contributed by atoms with van der Waals surface area (Å²) in [4.78, 5) is 0. The Balaban J connectivity index is 0. The quantitative estimate of drug-likeness (QED) is 0.492. The van der Waals surface area contributed by atoms with Gasteiger partial charge in [0.15, 0.2) is 0 Å². The molecule has 0 unspecified atom stereocenters. The van der Waals surface area contributed by atoms with Crippen molar-refractivity contribution in [1.82, 2.24) is 6.15 Å². The molecule has 3 N–H and O–H groups in total. The third kappa shape index (κ3) is 303. The van der Waals surface area contributed by atoms with Crippen molar-refractivity contribution in [2.75, 3.05) is 0 Å². The fourth-order valence-corrected chi connectivity index (χ4v) is 0. The van der Waals surface area contributed by atoms with E-state index in [0.717, 1.165) is 0 Å². The SMILES string of the molecule is F.F.F.N.[Cu]. The second kappa shape index (κ2) is 628. The maximum Gasteiger partial charge on any atom is 0 e. The minimum Gasteiger partial charge on any atom is -0.344 e. The minimum absolute atomic E-state index is 0. The Morgan fingerprint density at radius 1 is 0.600 bits per heavy atom. The molecule has 43 valence electrons. The molecule has 1 nitrogen and oxygen atoms in total. The molecule has 0 fully saturated rings. The smallest absolute Gasteiger partial charge is 0 e. The summed E-state index contributed by atoms with van der Waals surface area (Å²) in [6.45, 7) is 0. The van der Waals surface area contributed by atoms with Gasteiger partial charge in [-0.2, -0.15) is 0 Å². The first-order valence-corrected chi connectivity index (χ1v) is 0. The van der Waals surface area contributed by atoms with Crippen LogP contribution in [0.5, 0.6) is 0 Å². The molecule has 0 saturated carbocycles. The van der Waals surface area contributed by atoms with Gasteiger partial charge in [0, 0.05) is 17.1 Å². The Hall–Kier alpha value is 0.269. The molecule has 0 heterocycles. The van der Waals surface area contributed by atoms with Gasteiger partial charge in [-0.25, -0.2) is 0 Å². The van der Waals surface area contributed by atoms with Crippen molar-refractivity contribution in [1.29, 1.82) is 0 Å². The van der Waals surface area contributed by atoms with E-state index in [0.29, 0.717) is 0 Å². The van der Waals surface area contributed by atoms with Gasteiger partial charge in [0.05, 0.1) is 0 Å². The Labute approximate surface area is 38.3 Å². The number of hydrogen-bond donors (Lipinski definition) is 1. The van der Waals surface area contributed by atoms with Crippen LogP contribution >= 0.6 is 0 Å². The van der Waals surface area contributed by atoms with Gasteiger partial charge in [-0.3, -0.25) is 14.1 Å². The molecule has 5 heavy (non-hydrogen) atoms. The van der Waals surface area contributed by atoms with Crippen molar-refractivity contribution >= 4 is 0 Å². The Bertz CT molecular complexity index is 6.85. The third-order valence-corrected chi connectivity index (χ3v) is 0. The predicted molar refractivity (Wildman–Crippen MR) is 12.5 cm³/mol. The zero-order valence-corrected chi connectivity index (χ0v) is 3.18. The van der Waals surface area contributed by atoms with E-state index < -0.39 is 0 Å². The van der Waals surface area contributed by atoms with Crippen molar-refractivity contribution < 1.29 is 31.2 Å². The van der Waals surface area contributed by atoms with Gasteiger partial charge in [-0.1, -0.05) is 0 Å². The first-order valence-electron chi connectivity index (χ1n) is 0. The van der Waals surface area contributed by atoms with Crippen LogP contribution in [-0.2, 0) is 17.1 Å². The molecule has 0 aromatic rings. The summed E-state index contributed by atoms with van der Waals surface area (Å²) in [5.41, 5.74) is 0. The van der Waals surface area contributed by atoms with Crippen LogP contribution in [-0.4, -0.2) is 0 Å². The van der Waals surface area contributed by atoms with Gasteiger partial charge in [-0.05, 0) is 0 Å². The summed E-state index contributed by atoms with van der Waals surface area (Å²) in [7, 11) is 0. The molecule has 0 amide bonds. The molecule has 0 atom stereocenters.